The van der Waals surface area contributed by atoms with Crippen LogP contribution in [0.2, 0.25) is 0 Å². The molecule has 5 heteroatoms. The predicted octanol–water partition coefficient (Wildman–Crippen LogP) is 1.46. The van der Waals surface area contributed by atoms with E-state index in [-0.39, 0.29) is 24.0 Å². The topological polar surface area (TPSA) is 59.6 Å². The molecule has 2 N–H and O–H groups in total. The van der Waals surface area contributed by atoms with Crippen LogP contribution in [0.1, 0.15) is 46.0 Å². The summed E-state index contributed by atoms with van der Waals surface area (Å²) in [6.45, 7) is 7.23. The molecular formula is C16H30N2O3. The van der Waals surface area contributed by atoms with Gasteiger partial charge in [-0.15, -0.1) is 0 Å². The first kappa shape index (κ1) is 16.7. The molecular weight excluding hydrogens is 268 g/mol. The third-order valence-corrected chi connectivity index (χ3v) is 4.36. The molecule has 2 heterocycles. The minimum atomic E-state index is -0.128. The molecule has 0 unspecified atom stereocenters. The van der Waals surface area contributed by atoms with Crippen molar-refractivity contribution in [3.8, 4) is 0 Å². The second-order valence-electron chi connectivity index (χ2n) is 6.51. The summed E-state index contributed by atoms with van der Waals surface area (Å²) in [5.74, 6) is 0.380. The predicted molar refractivity (Wildman–Crippen MR) is 82.2 cm³/mol. The third-order valence-electron chi connectivity index (χ3n) is 4.36. The Hall–Kier alpha value is -0.650. The van der Waals surface area contributed by atoms with Crippen molar-refractivity contribution in [3.05, 3.63) is 0 Å². The van der Waals surface area contributed by atoms with Crippen LogP contribution in [-0.2, 0) is 14.3 Å². The van der Waals surface area contributed by atoms with Gasteiger partial charge in [0.25, 0.3) is 0 Å². The molecule has 0 saturated carbocycles. The Labute approximate surface area is 128 Å². The number of amides is 1. The lowest BCUT2D eigenvalue weighted by Crippen LogP contribution is -2.53. The fourth-order valence-corrected chi connectivity index (χ4v) is 2.98. The SMILES string of the molecule is CC(C)[C@@H](NC1CCOCC1)C(=O)NC[C@H]1CCCCO1. The Morgan fingerprint density at radius 2 is 1.90 bits per heavy atom. The van der Waals surface area contributed by atoms with Crippen molar-refractivity contribution in [2.45, 2.75) is 64.1 Å². The first-order chi connectivity index (χ1) is 10.2. The van der Waals surface area contributed by atoms with Gasteiger partial charge >= 0.3 is 0 Å². The highest BCUT2D eigenvalue weighted by atomic mass is 16.5. The van der Waals surface area contributed by atoms with Crippen LogP contribution >= 0.6 is 0 Å². The minimum absolute atomic E-state index is 0.102. The van der Waals surface area contributed by atoms with Crippen molar-refractivity contribution >= 4 is 5.91 Å². The molecule has 0 aromatic carbocycles. The molecule has 5 nitrogen and oxygen atoms in total. The molecule has 0 aromatic heterocycles. The number of hydrogen-bond acceptors (Lipinski definition) is 4. The van der Waals surface area contributed by atoms with Crippen molar-refractivity contribution < 1.29 is 14.3 Å². The molecule has 0 spiro atoms. The summed E-state index contributed by atoms with van der Waals surface area (Å²) in [6.07, 6.45) is 5.57. The van der Waals surface area contributed by atoms with Crippen molar-refractivity contribution in [1.29, 1.82) is 0 Å². The summed E-state index contributed by atoms with van der Waals surface area (Å²) >= 11 is 0. The lowest BCUT2D eigenvalue weighted by Gasteiger charge is -2.30. The first-order valence-electron chi connectivity index (χ1n) is 8.40. The number of nitrogens with one attached hydrogen (secondary N) is 2. The molecule has 0 radical (unpaired) electrons. The Morgan fingerprint density at radius 1 is 1.14 bits per heavy atom. The molecule has 0 aromatic rings. The van der Waals surface area contributed by atoms with Crippen molar-refractivity contribution in [3.63, 3.8) is 0 Å². The zero-order chi connectivity index (χ0) is 15.1. The van der Waals surface area contributed by atoms with Crippen LogP contribution in [0, 0.1) is 5.92 Å². The van der Waals surface area contributed by atoms with Crippen molar-refractivity contribution in [1.82, 2.24) is 10.6 Å². The van der Waals surface area contributed by atoms with Crippen LogP contribution < -0.4 is 10.6 Å². The van der Waals surface area contributed by atoms with Gasteiger partial charge in [-0.2, -0.15) is 0 Å². The molecule has 1 amide bonds. The summed E-state index contributed by atoms with van der Waals surface area (Å²) in [4.78, 5) is 12.4. The fraction of sp³-hybridized carbons (Fsp3) is 0.938. The standard InChI is InChI=1S/C16H30N2O3/c1-12(2)15(18-13-6-9-20-10-7-13)16(19)17-11-14-5-3-4-8-21-14/h12-15,18H,3-11H2,1-2H3,(H,17,19)/t14-,15-/m1/s1. The van der Waals surface area contributed by atoms with E-state index in [1.54, 1.807) is 0 Å². The van der Waals surface area contributed by atoms with E-state index >= 15 is 0 Å². The van der Waals surface area contributed by atoms with E-state index in [2.05, 4.69) is 24.5 Å². The number of rotatable bonds is 6. The monoisotopic (exact) mass is 298 g/mol. The maximum absolute atomic E-state index is 12.4. The van der Waals surface area contributed by atoms with E-state index in [1.807, 2.05) is 0 Å². The second kappa shape index (κ2) is 8.71. The molecule has 0 aliphatic carbocycles. The van der Waals surface area contributed by atoms with Gasteiger partial charge < -0.3 is 20.1 Å². The van der Waals surface area contributed by atoms with E-state index in [1.165, 1.54) is 6.42 Å². The lowest BCUT2D eigenvalue weighted by molar-refractivity contribution is -0.125. The highest BCUT2D eigenvalue weighted by Gasteiger charge is 2.26. The average Bonchev–Trinajstić information content (AvgIpc) is 2.52. The third kappa shape index (κ3) is 5.57. The van der Waals surface area contributed by atoms with E-state index in [0.29, 0.717) is 12.6 Å². The molecule has 0 bridgehead atoms. The Bertz CT molecular complexity index is 311. The van der Waals surface area contributed by atoms with E-state index < -0.39 is 0 Å². The smallest absolute Gasteiger partial charge is 0.237 e. The van der Waals surface area contributed by atoms with Crippen LogP contribution in [-0.4, -0.2) is 50.5 Å². The molecule has 21 heavy (non-hydrogen) atoms. The minimum Gasteiger partial charge on any atom is -0.381 e. The van der Waals surface area contributed by atoms with Gasteiger partial charge in [-0.3, -0.25) is 4.79 Å². The zero-order valence-electron chi connectivity index (χ0n) is 13.4. The number of carbonyl (C=O) groups is 1. The van der Waals surface area contributed by atoms with E-state index in [0.717, 1.165) is 45.5 Å². The summed E-state index contributed by atoms with van der Waals surface area (Å²) in [5.41, 5.74) is 0. The fourth-order valence-electron chi connectivity index (χ4n) is 2.98. The largest absolute Gasteiger partial charge is 0.381 e. The highest BCUT2D eigenvalue weighted by molar-refractivity contribution is 5.82. The van der Waals surface area contributed by atoms with E-state index in [4.69, 9.17) is 9.47 Å². The Kier molecular flexibility index (Phi) is 6.93. The summed E-state index contributed by atoms with van der Waals surface area (Å²) in [6, 6.07) is 0.263. The molecule has 2 aliphatic rings. The Balaban J connectivity index is 1.77. The highest BCUT2D eigenvalue weighted by Crippen LogP contribution is 2.13. The molecule has 2 atom stereocenters. The summed E-state index contributed by atoms with van der Waals surface area (Å²) in [5, 5.41) is 6.58. The van der Waals surface area contributed by atoms with Gasteiger partial charge in [0.1, 0.15) is 0 Å². The van der Waals surface area contributed by atoms with E-state index in [9.17, 15) is 4.79 Å². The van der Waals surface area contributed by atoms with Gasteiger partial charge in [0.2, 0.25) is 5.91 Å². The van der Waals surface area contributed by atoms with Crippen LogP contribution in [0.5, 0.6) is 0 Å². The molecule has 2 saturated heterocycles. The summed E-state index contributed by atoms with van der Waals surface area (Å²) < 4.78 is 11.0. The van der Waals surface area contributed by atoms with Gasteiger partial charge in [0, 0.05) is 32.4 Å². The van der Waals surface area contributed by atoms with Crippen LogP contribution in [0.4, 0.5) is 0 Å². The number of ether oxygens (including phenoxy) is 2. The number of carbonyl (C=O) groups excluding carboxylic acids is 1. The first-order valence-corrected chi connectivity index (χ1v) is 8.40. The maximum atomic E-state index is 12.4. The lowest BCUT2D eigenvalue weighted by atomic mass is 9.99. The average molecular weight is 298 g/mol. The maximum Gasteiger partial charge on any atom is 0.237 e. The van der Waals surface area contributed by atoms with Crippen molar-refractivity contribution in [2.24, 2.45) is 5.92 Å². The van der Waals surface area contributed by atoms with Crippen LogP contribution in [0.15, 0.2) is 0 Å². The van der Waals surface area contributed by atoms with Crippen molar-refractivity contribution in [2.75, 3.05) is 26.4 Å². The quantitative estimate of drug-likeness (QED) is 0.779. The zero-order valence-corrected chi connectivity index (χ0v) is 13.4. The molecule has 2 aliphatic heterocycles. The Morgan fingerprint density at radius 3 is 2.52 bits per heavy atom. The van der Waals surface area contributed by atoms with Gasteiger partial charge in [0.05, 0.1) is 12.1 Å². The summed E-state index contributed by atoms with van der Waals surface area (Å²) in [7, 11) is 0. The van der Waals surface area contributed by atoms with Gasteiger partial charge in [-0.1, -0.05) is 13.8 Å². The van der Waals surface area contributed by atoms with Gasteiger partial charge in [-0.05, 0) is 38.0 Å². The normalized spacial score (nSPS) is 25.8. The van der Waals surface area contributed by atoms with Gasteiger partial charge in [0.15, 0.2) is 0 Å². The number of hydrogen-bond donors (Lipinski definition) is 2. The van der Waals surface area contributed by atoms with Crippen LogP contribution in [0.3, 0.4) is 0 Å². The second-order valence-corrected chi connectivity index (χ2v) is 6.51. The molecule has 122 valence electrons. The van der Waals surface area contributed by atoms with Gasteiger partial charge in [-0.25, -0.2) is 0 Å². The molecule has 2 fully saturated rings. The van der Waals surface area contributed by atoms with Crippen LogP contribution in [0.25, 0.3) is 0 Å². The molecule has 2 rings (SSSR count).